The lowest BCUT2D eigenvalue weighted by molar-refractivity contribution is 1.01. The second-order valence-electron chi connectivity index (χ2n) is 3.51. The van der Waals surface area contributed by atoms with Gasteiger partial charge in [0, 0.05) is 28.8 Å². The standard InChI is InChI=1S/C12H9N5O/c13-17-14-6-2-1-3-9-4-5-11-10(7-9)8-15-16-12(11)18/h4-5,7-8H,2,6H2,(H,16,18). The van der Waals surface area contributed by atoms with Crippen molar-refractivity contribution in [2.45, 2.75) is 6.42 Å². The van der Waals surface area contributed by atoms with Crippen LogP contribution in [0.2, 0.25) is 0 Å². The fraction of sp³-hybridized carbons (Fsp3) is 0.167. The highest BCUT2D eigenvalue weighted by atomic mass is 16.1. The number of fused-ring (bicyclic) bond motifs is 1. The number of aromatic amines is 1. The second-order valence-corrected chi connectivity index (χ2v) is 3.51. The van der Waals surface area contributed by atoms with Crippen LogP contribution >= 0.6 is 0 Å². The first kappa shape index (κ1) is 11.7. The van der Waals surface area contributed by atoms with Crippen molar-refractivity contribution in [1.82, 2.24) is 10.2 Å². The molecule has 88 valence electrons. The summed E-state index contributed by atoms with van der Waals surface area (Å²) in [4.78, 5) is 14.1. The summed E-state index contributed by atoms with van der Waals surface area (Å²) in [5.74, 6) is 5.84. The Morgan fingerprint density at radius 3 is 3.22 bits per heavy atom. The largest absolute Gasteiger partial charge is 0.272 e. The molecule has 0 spiro atoms. The first-order valence-electron chi connectivity index (χ1n) is 5.28. The molecule has 0 saturated carbocycles. The minimum absolute atomic E-state index is 0.213. The van der Waals surface area contributed by atoms with Gasteiger partial charge in [-0.05, 0) is 23.7 Å². The topological polar surface area (TPSA) is 94.5 Å². The van der Waals surface area contributed by atoms with E-state index in [-0.39, 0.29) is 5.56 Å². The Morgan fingerprint density at radius 1 is 1.50 bits per heavy atom. The van der Waals surface area contributed by atoms with Gasteiger partial charge in [0.2, 0.25) is 0 Å². The molecule has 6 heteroatoms. The Labute approximate surface area is 102 Å². The van der Waals surface area contributed by atoms with Crippen LogP contribution < -0.4 is 5.56 Å². The first-order chi connectivity index (χ1) is 8.81. The highest BCUT2D eigenvalue weighted by Crippen LogP contribution is 2.09. The third-order valence-corrected chi connectivity index (χ3v) is 2.30. The zero-order chi connectivity index (χ0) is 12.8. The summed E-state index contributed by atoms with van der Waals surface area (Å²) in [6.07, 6.45) is 2.09. The maximum absolute atomic E-state index is 11.4. The highest BCUT2D eigenvalue weighted by Gasteiger charge is 1.98. The molecule has 0 atom stereocenters. The van der Waals surface area contributed by atoms with Crippen molar-refractivity contribution in [2.24, 2.45) is 5.11 Å². The van der Waals surface area contributed by atoms with E-state index in [9.17, 15) is 4.79 Å². The number of nitrogens with one attached hydrogen (secondary N) is 1. The summed E-state index contributed by atoms with van der Waals surface area (Å²) in [6.45, 7) is 0.359. The molecule has 0 fully saturated rings. The Balaban J connectivity index is 2.25. The summed E-state index contributed by atoms with van der Waals surface area (Å²) in [5, 5.41) is 10.8. The molecule has 6 nitrogen and oxygen atoms in total. The summed E-state index contributed by atoms with van der Waals surface area (Å²) >= 11 is 0. The lowest BCUT2D eigenvalue weighted by atomic mass is 10.1. The summed E-state index contributed by atoms with van der Waals surface area (Å²) < 4.78 is 0. The molecule has 2 rings (SSSR count). The Morgan fingerprint density at radius 2 is 2.39 bits per heavy atom. The number of aromatic nitrogens is 2. The monoisotopic (exact) mass is 239 g/mol. The third kappa shape index (κ3) is 2.67. The second kappa shape index (κ2) is 5.53. The molecule has 0 amide bonds. The molecule has 0 bridgehead atoms. The normalized spacial score (nSPS) is 9.33. The summed E-state index contributed by atoms with van der Waals surface area (Å²) in [5.41, 5.74) is 8.69. The van der Waals surface area contributed by atoms with Gasteiger partial charge in [0.05, 0.1) is 11.6 Å². The Kier molecular flexibility index (Phi) is 3.59. The van der Waals surface area contributed by atoms with Crippen LogP contribution in [0.3, 0.4) is 0 Å². The van der Waals surface area contributed by atoms with Crippen molar-refractivity contribution in [3.05, 3.63) is 50.8 Å². The van der Waals surface area contributed by atoms with Crippen LogP contribution in [-0.4, -0.2) is 16.7 Å². The fourth-order valence-electron chi connectivity index (χ4n) is 1.49. The molecular formula is C12H9N5O. The van der Waals surface area contributed by atoms with Gasteiger partial charge in [0.1, 0.15) is 0 Å². The van der Waals surface area contributed by atoms with Gasteiger partial charge in [-0.1, -0.05) is 17.0 Å². The van der Waals surface area contributed by atoms with Crippen LogP contribution in [0.15, 0.2) is 34.3 Å². The first-order valence-corrected chi connectivity index (χ1v) is 5.28. The van der Waals surface area contributed by atoms with E-state index in [1.807, 2.05) is 0 Å². The summed E-state index contributed by atoms with van der Waals surface area (Å²) in [6, 6.07) is 5.30. The number of H-pyrrole nitrogens is 1. The van der Waals surface area contributed by atoms with E-state index in [0.717, 1.165) is 10.9 Å². The predicted octanol–water partition coefficient (Wildman–Crippen LogP) is 1.98. The van der Waals surface area contributed by atoms with Gasteiger partial charge in [-0.25, -0.2) is 5.10 Å². The quantitative estimate of drug-likeness (QED) is 0.285. The van der Waals surface area contributed by atoms with E-state index in [4.69, 9.17) is 5.53 Å². The number of nitrogens with zero attached hydrogens (tertiary/aromatic N) is 4. The maximum Gasteiger partial charge on any atom is 0.272 e. The minimum atomic E-state index is -0.213. The van der Waals surface area contributed by atoms with E-state index in [1.165, 1.54) is 0 Å². The van der Waals surface area contributed by atoms with Crippen LogP contribution in [0.1, 0.15) is 12.0 Å². The van der Waals surface area contributed by atoms with Crippen molar-refractivity contribution in [3.63, 3.8) is 0 Å². The number of hydrogen-bond donors (Lipinski definition) is 1. The average Bonchev–Trinajstić information content (AvgIpc) is 2.39. The minimum Gasteiger partial charge on any atom is -0.267 e. The molecule has 0 saturated heterocycles. The molecule has 18 heavy (non-hydrogen) atoms. The molecule has 0 unspecified atom stereocenters. The Bertz CT molecular complexity index is 731. The van der Waals surface area contributed by atoms with E-state index in [0.29, 0.717) is 18.4 Å². The molecule has 1 heterocycles. The molecule has 0 aliphatic carbocycles. The third-order valence-electron chi connectivity index (χ3n) is 2.30. The number of azide groups is 1. The van der Waals surface area contributed by atoms with E-state index in [1.54, 1.807) is 24.4 Å². The number of rotatable bonds is 2. The molecule has 0 aliphatic rings. The van der Waals surface area contributed by atoms with Gasteiger partial charge >= 0.3 is 0 Å². The van der Waals surface area contributed by atoms with Gasteiger partial charge in [0.25, 0.3) is 5.56 Å². The highest BCUT2D eigenvalue weighted by molar-refractivity contribution is 5.81. The van der Waals surface area contributed by atoms with Crippen LogP contribution in [-0.2, 0) is 0 Å². The Hall–Kier alpha value is -2.77. The van der Waals surface area contributed by atoms with E-state index >= 15 is 0 Å². The number of hydrogen-bond acceptors (Lipinski definition) is 3. The SMILES string of the molecule is [N-]=[N+]=NCCC#Cc1ccc2c(=O)[nH]ncc2c1. The lowest BCUT2D eigenvalue weighted by Gasteiger charge is -1.95. The smallest absolute Gasteiger partial charge is 0.267 e. The van der Waals surface area contributed by atoms with Crippen molar-refractivity contribution < 1.29 is 0 Å². The van der Waals surface area contributed by atoms with Gasteiger partial charge in [-0.3, -0.25) is 4.79 Å². The molecule has 1 N–H and O–H groups in total. The van der Waals surface area contributed by atoms with Crippen molar-refractivity contribution in [2.75, 3.05) is 6.54 Å². The zero-order valence-electron chi connectivity index (χ0n) is 9.42. The van der Waals surface area contributed by atoms with Gasteiger partial charge in [0.15, 0.2) is 0 Å². The lowest BCUT2D eigenvalue weighted by Crippen LogP contribution is -2.07. The molecule has 2 aromatic rings. The predicted molar refractivity (Wildman–Crippen MR) is 67.9 cm³/mol. The molecule has 1 aromatic heterocycles. The average molecular weight is 239 g/mol. The van der Waals surface area contributed by atoms with Crippen molar-refractivity contribution in [3.8, 4) is 11.8 Å². The van der Waals surface area contributed by atoms with Gasteiger partial charge in [-0.15, -0.1) is 0 Å². The molecule has 0 aliphatic heterocycles. The van der Waals surface area contributed by atoms with E-state index < -0.39 is 0 Å². The van der Waals surface area contributed by atoms with Crippen LogP contribution in [0.25, 0.3) is 21.2 Å². The van der Waals surface area contributed by atoms with Crippen LogP contribution in [0, 0.1) is 11.8 Å². The van der Waals surface area contributed by atoms with Crippen molar-refractivity contribution >= 4 is 10.8 Å². The maximum atomic E-state index is 11.4. The molecule has 1 aromatic carbocycles. The van der Waals surface area contributed by atoms with Crippen LogP contribution in [0.5, 0.6) is 0 Å². The molecular weight excluding hydrogens is 230 g/mol. The van der Waals surface area contributed by atoms with Gasteiger partial charge < -0.3 is 0 Å². The van der Waals surface area contributed by atoms with Crippen LogP contribution in [0.4, 0.5) is 0 Å². The van der Waals surface area contributed by atoms with Gasteiger partial charge in [-0.2, -0.15) is 5.10 Å². The van der Waals surface area contributed by atoms with E-state index in [2.05, 4.69) is 32.1 Å². The summed E-state index contributed by atoms with van der Waals surface area (Å²) in [7, 11) is 0. The molecule has 0 radical (unpaired) electrons. The fourth-order valence-corrected chi connectivity index (χ4v) is 1.49. The zero-order valence-corrected chi connectivity index (χ0v) is 9.42. The number of benzene rings is 1. The van der Waals surface area contributed by atoms with Crippen molar-refractivity contribution in [1.29, 1.82) is 0 Å².